The number of benzene rings is 1. The maximum Gasteiger partial charge on any atom is 0.108 e. The fourth-order valence-electron chi connectivity index (χ4n) is 2.03. The highest BCUT2D eigenvalue weighted by atomic mass is 16.2. The lowest BCUT2D eigenvalue weighted by atomic mass is 10.1. The molecule has 1 aromatic heterocycles. The molecule has 1 aromatic carbocycles. The van der Waals surface area contributed by atoms with Crippen LogP contribution in [0.5, 0.6) is 0 Å². The Labute approximate surface area is 113 Å². The van der Waals surface area contributed by atoms with E-state index in [1.807, 2.05) is 30.6 Å². The van der Waals surface area contributed by atoms with Crippen LogP contribution in [0.1, 0.15) is 30.3 Å². The molecule has 2 rings (SSSR count). The van der Waals surface area contributed by atoms with E-state index >= 15 is 0 Å². The van der Waals surface area contributed by atoms with Gasteiger partial charge in [-0.25, -0.2) is 4.98 Å². The molecule has 0 atom stereocenters. The van der Waals surface area contributed by atoms with Gasteiger partial charge < -0.3 is 9.67 Å². The third-order valence-corrected chi connectivity index (χ3v) is 2.94. The van der Waals surface area contributed by atoms with Crippen LogP contribution in [0.2, 0.25) is 0 Å². The van der Waals surface area contributed by atoms with Crippen LogP contribution in [0.4, 0.5) is 0 Å². The standard InChI is InChI=1S/C16H18N2O/c1-2-6-16-17-10-11-18(16)13-15-8-4-3-7-14(15)9-5-12-19/h3-4,7-8,10-11,19H,2,6,12-13H2,1H3. The van der Waals surface area contributed by atoms with Gasteiger partial charge in [0, 0.05) is 30.9 Å². The van der Waals surface area contributed by atoms with Gasteiger partial charge in [0.15, 0.2) is 0 Å². The largest absolute Gasteiger partial charge is 0.384 e. The Hall–Kier alpha value is -2.05. The van der Waals surface area contributed by atoms with Crippen molar-refractivity contribution in [2.75, 3.05) is 6.61 Å². The van der Waals surface area contributed by atoms with Gasteiger partial charge in [0.25, 0.3) is 0 Å². The summed E-state index contributed by atoms with van der Waals surface area (Å²) in [4.78, 5) is 4.38. The summed E-state index contributed by atoms with van der Waals surface area (Å²) in [7, 11) is 0. The van der Waals surface area contributed by atoms with Crippen molar-refractivity contribution in [1.29, 1.82) is 0 Å². The van der Waals surface area contributed by atoms with E-state index in [4.69, 9.17) is 5.11 Å². The van der Waals surface area contributed by atoms with Gasteiger partial charge in [0.2, 0.25) is 0 Å². The second-order valence-electron chi connectivity index (χ2n) is 4.34. The Morgan fingerprint density at radius 2 is 2.16 bits per heavy atom. The van der Waals surface area contributed by atoms with Crippen LogP contribution < -0.4 is 0 Å². The summed E-state index contributed by atoms with van der Waals surface area (Å²) in [5, 5.41) is 8.80. The van der Waals surface area contributed by atoms with E-state index in [2.05, 4.69) is 34.4 Å². The highest BCUT2D eigenvalue weighted by Gasteiger charge is 2.05. The Bertz CT molecular complexity index is 590. The quantitative estimate of drug-likeness (QED) is 0.850. The fourth-order valence-corrected chi connectivity index (χ4v) is 2.03. The number of nitrogens with zero attached hydrogens (tertiary/aromatic N) is 2. The number of aliphatic hydroxyl groups is 1. The molecule has 98 valence electrons. The summed E-state index contributed by atoms with van der Waals surface area (Å²) in [5.41, 5.74) is 2.12. The summed E-state index contributed by atoms with van der Waals surface area (Å²) < 4.78 is 2.16. The van der Waals surface area contributed by atoms with Crippen molar-refractivity contribution in [2.24, 2.45) is 0 Å². The predicted molar refractivity (Wildman–Crippen MR) is 75.7 cm³/mol. The summed E-state index contributed by atoms with van der Waals surface area (Å²) in [6.07, 6.45) is 5.91. The Kier molecular flexibility index (Phi) is 4.77. The molecule has 0 aliphatic rings. The maximum absolute atomic E-state index is 8.80. The summed E-state index contributed by atoms with van der Waals surface area (Å²) in [6, 6.07) is 8.02. The molecule has 1 N–H and O–H groups in total. The highest BCUT2D eigenvalue weighted by molar-refractivity contribution is 5.41. The third-order valence-electron chi connectivity index (χ3n) is 2.94. The first kappa shape index (κ1) is 13.4. The monoisotopic (exact) mass is 254 g/mol. The number of hydrogen-bond donors (Lipinski definition) is 1. The molecular weight excluding hydrogens is 236 g/mol. The van der Waals surface area contributed by atoms with Crippen molar-refractivity contribution in [1.82, 2.24) is 9.55 Å². The van der Waals surface area contributed by atoms with Gasteiger partial charge in [-0.3, -0.25) is 0 Å². The number of rotatable bonds is 4. The SMILES string of the molecule is CCCc1nccn1Cc1ccccc1C#CCO. The molecule has 2 aromatic rings. The van der Waals surface area contributed by atoms with E-state index in [0.717, 1.165) is 36.3 Å². The van der Waals surface area contributed by atoms with Crippen molar-refractivity contribution < 1.29 is 5.11 Å². The lowest BCUT2D eigenvalue weighted by molar-refractivity contribution is 0.350. The number of aromatic nitrogens is 2. The average molecular weight is 254 g/mol. The lowest BCUT2D eigenvalue weighted by Crippen LogP contribution is -2.05. The second kappa shape index (κ2) is 6.77. The van der Waals surface area contributed by atoms with Gasteiger partial charge in [-0.1, -0.05) is 37.0 Å². The van der Waals surface area contributed by atoms with Crippen LogP contribution >= 0.6 is 0 Å². The molecule has 0 saturated heterocycles. The fraction of sp³-hybridized carbons (Fsp3) is 0.312. The van der Waals surface area contributed by atoms with Gasteiger partial charge in [-0.2, -0.15) is 0 Å². The number of imidazole rings is 1. The molecule has 0 amide bonds. The number of aliphatic hydroxyl groups excluding tert-OH is 1. The topological polar surface area (TPSA) is 38.0 Å². The van der Waals surface area contributed by atoms with E-state index in [-0.39, 0.29) is 6.61 Å². The second-order valence-corrected chi connectivity index (χ2v) is 4.34. The zero-order chi connectivity index (χ0) is 13.5. The van der Waals surface area contributed by atoms with Crippen LogP contribution in [-0.4, -0.2) is 21.3 Å². The van der Waals surface area contributed by atoms with Crippen molar-refractivity contribution >= 4 is 0 Å². The first-order valence-corrected chi connectivity index (χ1v) is 6.52. The van der Waals surface area contributed by atoms with Crippen LogP contribution in [0.3, 0.4) is 0 Å². The molecule has 1 heterocycles. The van der Waals surface area contributed by atoms with Gasteiger partial charge >= 0.3 is 0 Å². The Morgan fingerprint density at radius 3 is 2.95 bits per heavy atom. The molecule has 0 unspecified atom stereocenters. The van der Waals surface area contributed by atoms with Crippen molar-refractivity contribution in [2.45, 2.75) is 26.3 Å². The van der Waals surface area contributed by atoms with Gasteiger partial charge in [-0.15, -0.1) is 0 Å². The molecule has 0 aliphatic heterocycles. The van der Waals surface area contributed by atoms with Gasteiger partial charge in [-0.05, 0) is 18.1 Å². The lowest BCUT2D eigenvalue weighted by Gasteiger charge is -2.09. The molecule has 0 saturated carbocycles. The van der Waals surface area contributed by atoms with E-state index in [1.54, 1.807) is 0 Å². The Balaban J connectivity index is 2.25. The van der Waals surface area contributed by atoms with Crippen molar-refractivity contribution in [3.8, 4) is 11.8 Å². The molecule has 0 fully saturated rings. The van der Waals surface area contributed by atoms with Crippen LogP contribution in [0.15, 0.2) is 36.7 Å². The smallest absolute Gasteiger partial charge is 0.108 e. The first-order chi connectivity index (χ1) is 9.35. The molecule has 3 heteroatoms. The summed E-state index contributed by atoms with van der Waals surface area (Å²) in [6.45, 7) is 2.81. The molecule has 0 bridgehead atoms. The van der Waals surface area contributed by atoms with Gasteiger partial charge in [0.1, 0.15) is 12.4 Å². The van der Waals surface area contributed by atoms with E-state index in [1.165, 1.54) is 0 Å². The van der Waals surface area contributed by atoms with Crippen LogP contribution in [0, 0.1) is 11.8 Å². The average Bonchev–Trinajstić information content (AvgIpc) is 2.86. The minimum atomic E-state index is -0.111. The predicted octanol–water partition coefficient (Wildman–Crippen LogP) is 2.23. The van der Waals surface area contributed by atoms with E-state index < -0.39 is 0 Å². The third kappa shape index (κ3) is 3.46. The number of hydrogen-bond acceptors (Lipinski definition) is 2. The molecule has 0 spiro atoms. The maximum atomic E-state index is 8.80. The summed E-state index contributed by atoms with van der Waals surface area (Å²) >= 11 is 0. The molecule has 19 heavy (non-hydrogen) atoms. The van der Waals surface area contributed by atoms with Crippen molar-refractivity contribution in [3.05, 3.63) is 53.6 Å². The van der Waals surface area contributed by atoms with Gasteiger partial charge in [0.05, 0.1) is 0 Å². The molecule has 0 radical (unpaired) electrons. The van der Waals surface area contributed by atoms with Crippen LogP contribution in [-0.2, 0) is 13.0 Å². The minimum Gasteiger partial charge on any atom is -0.384 e. The normalized spacial score (nSPS) is 10.0. The minimum absolute atomic E-state index is 0.111. The Morgan fingerprint density at radius 1 is 1.32 bits per heavy atom. The number of aryl methyl sites for hydroxylation is 1. The molecular formula is C16H18N2O. The highest BCUT2D eigenvalue weighted by Crippen LogP contribution is 2.11. The molecule has 0 aliphatic carbocycles. The zero-order valence-corrected chi connectivity index (χ0v) is 11.1. The van der Waals surface area contributed by atoms with E-state index in [9.17, 15) is 0 Å². The molecule has 3 nitrogen and oxygen atoms in total. The first-order valence-electron chi connectivity index (χ1n) is 6.52. The van der Waals surface area contributed by atoms with Crippen LogP contribution in [0.25, 0.3) is 0 Å². The zero-order valence-electron chi connectivity index (χ0n) is 11.1. The summed E-state index contributed by atoms with van der Waals surface area (Å²) in [5.74, 6) is 6.80. The van der Waals surface area contributed by atoms with Crippen molar-refractivity contribution in [3.63, 3.8) is 0 Å². The van der Waals surface area contributed by atoms with E-state index in [0.29, 0.717) is 0 Å².